The minimum Gasteiger partial charge on any atom is -0.304 e. The molecule has 3 heteroatoms. The summed E-state index contributed by atoms with van der Waals surface area (Å²) in [5.41, 5.74) is 0.682. The van der Waals surface area contributed by atoms with Gasteiger partial charge in [0.05, 0.1) is 0 Å². The zero-order valence-corrected chi connectivity index (χ0v) is 8.99. The van der Waals surface area contributed by atoms with E-state index in [0.29, 0.717) is 5.56 Å². The topological polar surface area (TPSA) is 6.48 Å². The van der Waals surface area contributed by atoms with E-state index in [-0.39, 0.29) is 6.30 Å². The van der Waals surface area contributed by atoms with Gasteiger partial charge in [-0.15, -0.1) is 0 Å². The van der Waals surface area contributed by atoms with Crippen LogP contribution in [0.2, 0.25) is 0 Å². The van der Waals surface area contributed by atoms with Crippen LogP contribution in [0.1, 0.15) is 5.56 Å². The van der Waals surface area contributed by atoms with E-state index in [1.807, 2.05) is 35.2 Å². The second-order valence-corrected chi connectivity index (χ2v) is 3.95. The van der Waals surface area contributed by atoms with E-state index in [4.69, 9.17) is 0 Å². The van der Waals surface area contributed by atoms with Crippen molar-refractivity contribution in [3.8, 4) is 0 Å². The third-order valence-corrected chi connectivity index (χ3v) is 2.79. The Kier molecular flexibility index (Phi) is 3.34. The van der Waals surface area contributed by atoms with E-state index in [2.05, 4.69) is 11.9 Å². The van der Waals surface area contributed by atoms with Gasteiger partial charge in [-0.25, -0.2) is 4.39 Å². The zero-order valence-electron chi connectivity index (χ0n) is 8.99. The molecule has 0 atom stereocenters. The monoisotopic (exact) mass is 207 g/mol. The summed E-state index contributed by atoms with van der Waals surface area (Å²) in [5, 5.41) is 0. The third-order valence-electron chi connectivity index (χ3n) is 2.79. The van der Waals surface area contributed by atoms with E-state index in [0.717, 1.165) is 26.2 Å². The highest BCUT2D eigenvalue weighted by Crippen LogP contribution is 2.21. The van der Waals surface area contributed by atoms with Gasteiger partial charge >= 0.3 is 0 Å². The lowest BCUT2D eigenvalue weighted by molar-refractivity contribution is 0.126. The van der Waals surface area contributed by atoms with Crippen LogP contribution in [-0.4, -0.2) is 43.0 Å². The van der Waals surface area contributed by atoms with Gasteiger partial charge in [0.2, 0.25) is 6.30 Å². The van der Waals surface area contributed by atoms with Crippen LogP contribution in [0.25, 0.3) is 0 Å². The first-order valence-corrected chi connectivity index (χ1v) is 5.29. The number of nitrogens with zero attached hydrogens (tertiary/aromatic N) is 2. The summed E-state index contributed by atoms with van der Waals surface area (Å²) in [7, 11) is 2.07. The summed E-state index contributed by atoms with van der Waals surface area (Å²) in [4.78, 5) is 4.03. The van der Waals surface area contributed by atoms with Crippen LogP contribution in [0, 0.1) is 6.30 Å². The Hall–Kier alpha value is -0.930. The molecule has 0 N–H and O–H groups in total. The SMILES string of the molecule is CN1CCN([C](F)c2ccccc2)CC1. The number of rotatable bonds is 2. The summed E-state index contributed by atoms with van der Waals surface area (Å²) in [6.07, 6.45) is -0.0938. The maximum atomic E-state index is 14.0. The van der Waals surface area contributed by atoms with Gasteiger partial charge in [0, 0.05) is 31.7 Å². The van der Waals surface area contributed by atoms with E-state index < -0.39 is 0 Å². The van der Waals surface area contributed by atoms with Gasteiger partial charge in [0.25, 0.3) is 0 Å². The maximum absolute atomic E-state index is 14.0. The molecule has 1 saturated heterocycles. The molecule has 2 nitrogen and oxygen atoms in total. The fourth-order valence-corrected chi connectivity index (χ4v) is 1.76. The Balaban J connectivity index is 1.99. The normalized spacial score (nSPS) is 19.7. The molecule has 1 fully saturated rings. The highest BCUT2D eigenvalue weighted by atomic mass is 19.1. The van der Waals surface area contributed by atoms with E-state index in [1.54, 1.807) is 0 Å². The summed E-state index contributed by atoms with van der Waals surface area (Å²) in [6, 6.07) is 9.26. The van der Waals surface area contributed by atoms with Gasteiger partial charge in [0.15, 0.2) is 0 Å². The number of piperazine rings is 1. The molecule has 1 aliphatic rings. The van der Waals surface area contributed by atoms with Crippen molar-refractivity contribution in [1.82, 2.24) is 9.80 Å². The first-order chi connectivity index (χ1) is 7.27. The van der Waals surface area contributed by atoms with E-state index in [1.165, 1.54) is 0 Å². The lowest BCUT2D eigenvalue weighted by Crippen LogP contribution is -2.45. The molecule has 0 unspecified atom stereocenters. The van der Waals surface area contributed by atoms with E-state index in [9.17, 15) is 4.39 Å². The molecule has 1 aromatic rings. The summed E-state index contributed by atoms with van der Waals surface area (Å²) in [5.74, 6) is 0. The lowest BCUT2D eigenvalue weighted by atomic mass is 10.2. The van der Waals surface area contributed by atoms with Gasteiger partial charge < -0.3 is 4.90 Å². The van der Waals surface area contributed by atoms with Crippen LogP contribution >= 0.6 is 0 Å². The van der Waals surface area contributed by atoms with Gasteiger partial charge in [-0.05, 0) is 7.05 Å². The molecule has 1 heterocycles. The standard InChI is InChI=1S/C12H16FN2/c1-14-7-9-15(10-8-14)12(13)11-5-3-2-4-6-11/h2-6H,7-10H2,1H3. The number of benzene rings is 1. The van der Waals surface area contributed by atoms with Crippen LogP contribution in [0.3, 0.4) is 0 Å². The Labute approximate surface area is 90.3 Å². The van der Waals surface area contributed by atoms with Crippen molar-refractivity contribution < 1.29 is 4.39 Å². The minimum absolute atomic E-state index is 0.0938. The Morgan fingerprint density at radius 3 is 2.27 bits per heavy atom. The van der Waals surface area contributed by atoms with Crippen molar-refractivity contribution in [3.63, 3.8) is 0 Å². The molecule has 0 saturated carbocycles. The zero-order chi connectivity index (χ0) is 10.7. The molecule has 0 bridgehead atoms. The third kappa shape index (κ3) is 2.55. The van der Waals surface area contributed by atoms with Crippen molar-refractivity contribution in [3.05, 3.63) is 42.2 Å². The van der Waals surface area contributed by atoms with Gasteiger partial charge in [-0.1, -0.05) is 30.3 Å². The smallest absolute Gasteiger partial charge is 0.242 e. The predicted molar refractivity (Wildman–Crippen MR) is 59.0 cm³/mol. The average molecular weight is 207 g/mol. The molecule has 1 radical (unpaired) electrons. The fraction of sp³-hybridized carbons (Fsp3) is 0.417. The molecular formula is C12H16FN2. The van der Waals surface area contributed by atoms with Crippen LogP contribution in [0.15, 0.2) is 30.3 Å². The largest absolute Gasteiger partial charge is 0.304 e. The number of hydrogen-bond donors (Lipinski definition) is 0. The first kappa shape index (κ1) is 10.6. The maximum Gasteiger partial charge on any atom is 0.242 e. The molecule has 1 aromatic carbocycles. The van der Waals surface area contributed by atoms with Crippen LogP contribution < -0.4 is 0 Å². The number of likely N-dealkylation sites (N-methyl/N-ethyl adjacent to an activating group) is 1. The molecule has 0 amide bonds. The Bertz CT molecular complexity index is 294. The van der Waals surface area contributed by atoms with Crippen molar-refractivity contribution in [2.24, 2.45) is 0 Å². The van der Waals surface area contributed by atoms with Gasteiger partial charge in [0.1, 0.15) is 0 Å². The molecule has 2 rings (SSSR count). The second-order valence-electron chi connectivity index (χ2n) is 3.95. The summed E-state index contributed by atoms with van der Waals surface area (Å²) >= 11 is 0. The molecule has 0 aromatic heterocycles. The Morgan fingerprint density at radius 2 is 1.67 bits per heavy atom. The molecule has 0 aliphatic carbocycles. The van der Waals surface area contributed by atoms with Crippen LogP contribution in [-0.2, 0) is 0 Å². The molecule has 1 aliphatic heterocycles. The van der Waals surface area contributed by atoms with Gasteiger partial charge in [-0.2, -0.15) is 0 Å². The molecule has 81 valence electrons. The number of hydrogen-bond acceptors (Lipinski definition) is 2. The average Bonchev–Trinajstić information content (AvgIpc) is 2.30. The molecule has 15 heavy (non-hydrogen) atoms. The second kappa shape index (κ2) is 4.73. The Morgan fingerprint density at radius 1 is 1.07 bits per heavy atom. The van der Waals surface area contributed by atoms with Gasteiger partial charge in [-0.3, -0.25) is 4.90 Å². The van der Waals surface area contributed by atoms with Crippen molar-refractivity contribution in [1.29, 1.82) is 0 Å². The summed E-state index contributed by atoms with van der Waals surface area (Å²) < 4.78 is 14.0. The summed E-state index contributed by atoms with van der Waals surface area (Å²) in [6.45, 7) is 3.41. The number of halogens is 1. The quantitative estimate of drug-likeness (QED) is 0.682. The van der Waals surface area contributed by atoms with E-state index >= 15 is 0 Å². The van der Waals surface area contributed by atoms with Crippen molar-refractivity contribution in [2.75, 3.05) is 33.2 Å². The van der Waals surface area contributed by atoms with Crippen LogP contribution in [0.5, 0.6) is 0 Å². The first-order valence-electron chi connectivity index (χ1n) is 5.29. The van der Waals surface area contributed by atoms with Crippen LogP contribution in [0.4, 0.5) is 4.39 Å². The fourth-order valence-electron chi connectivity index (χ4n) is 1.76. The highest BCUT2D eigenvalue weighted by Gasteiger charge is 2.24. The van der Waals surface area contributed by atoms with Crippen molar-refractivity contribution in [2.45, 2.75) is 0 Å². The highest BCUT2D eigenvalue weighted by molar-refractivity contribution is 5.25. The minimum atomic E-state index is -0.0938. The lowest BCUT2D eigenvalue weighted by Gasteiger charge is -2.33. The molecule has 0 spiro atoms. The van der Waals surface area contributed by atoms with Crippen molar-refractivity contribution >= 4 is 0 Å². The predicted octanol–water partition coefficient (Wildman–Crippen LogP) is 1.74. The molecular weight excluding hydrogens is 191 g/mol.